The Bertz CT molecular complexity index is 1440. The van der Waals surface area contributed by atoms with Crippen LogP contribution in [0.25, 0.3) is 0 Å². The van der Waals surface area contributed by atoms with Gasteiger partial charge in [-0.25, -0.2) is 9.82 Å². The number of carbonyl (C=O) groups excluding carboxylic acids is 3. The van der Waals surface area contributed by atoms with Crippen molar-refractivity contribution in [2.24, 2.45) is 5.10 Å². The number of hydrazone groups is 1. The van der Waals surface area contributed by atoms with E-state index in [-0.39, 0.29) is 6.61 Å². The Kier molecular flexibility index (Phi) is 11.2. The number of allylic oxidation sites excluding steroid dienone is 1. The third-order valence-corrected chi connectivity index (χ3v) is 5.67. The molecule has 3 rings (SSSR count). The van der Waals surface area contributed by atoms with E-state index < -0.39 is 30.0 Å². The molecule has 214 valence electrons. The van der Waals surface area contributed by atoms with E-state index in [4.69, 9.17) is 9.47 Å². The highest BCUT2D eigenvalue weighted by molar-refractivity contribution is 6.04. The fourth-order valence-electron chi connectivity index (χ4n) is 3.87. The van der Waals surface area contributed by atoms with Gasteiger partial charge in [-0.15, -0.1) is 6.58 Å². The molecular weight excluding hydrogens is 527 g/mol. The highest BCUT2D eigenvalue weighted by Gasteiger charge is 2.15. The number of aryl methyl sites for hydroxylation is 2. The molecule has 3 aromatic rings. The summed E-state index contributed by atoms with van der Waals surface area (Å²) in [6.07, 6.45) is 3.10. The van der Waals surface area contributed by atoms with Gasteiger partial charge >= 0.3 is 0 Å². The van der Waals surface area contributed by atoms with Gasteiger partial charge in [0, 0.05) is 16.9 Å². The second-order valence-electron chi connectivity index (χ2n) is 9.11. The van der Waals surface area contributed by atoms with Gasteiger partial charge in [-0.1, -0.05) is 23.8 Å². The van der Waals surface area contributed by atoms with Crippen molar-refractivity contribution in [3.05, 3.63) is 95.3 Å². The van der Waals surface area contributed by atoms with Crippen LogP contribution in [0.5, 0.6) is 11.5 Å². The predicted octanol–water partition coefficient (Wildman–Crippen LogP) is 5.07. The summed E-state index contributed by atoms with van der Waals surface area (Å²) >= 11 is 0. The van der Waals surface area contributed by atoms with Crippen molar-refractivity contribution >= 4 is 35.3 Å². The molecule has 0 unspecified atom stereocenters. The number of hydrogen-bond donors (Lipinski definition) is 3. The maximum Gasteiger partial charge on any atom is 0.262 e. The van der Waals surface area contributed by atoms with Crippen molar-refractivity contribution in [3.63, 3.8) is 0 Å². The molecule has 0 atom stereocenters. The molecule has 0 heterocycles. The first-order chi connectivity index (χ1) is 19.7. The van der Waals surface area contributed by atoms with Crippen molar-refractivity contribution in [1.82, 2.24) is 5.43 Å². The molecule has 3 N–H and O–H groups in total. The maximum atomic E-state index is 13.1. The third kappa shape index (κ3) is 9.61. The summed E-state index contributed by atoms with van der Waals surface area (Å²) in [6, 6.07) is 14.4. The fraction of sp³-hybridized carbons (Fsp3) is 0.226. The standard InChI is InChI=1S/C31H33FN4O5/c1-5-7-23-15-22(18-33-36-29(38)17-28(37)35-26-13-8-20(3)14-21(26)4)16-27(40-6-2)31(23)41-19-30(39)34-25-11-9-24(32)10-12-25/h5,8-16,18H,1,6-7,17,19H2,2-4H3,(H,34,39)(H,35,37)(H,36,38). The summed E-state index contributed by atoms with van der Waals surface area (Å²) in [5.74, 6) is -1.13. The Morgan fingerprint density at radius 1 is 0.951 bits per heavy atom. The molecule has 0 spiro atoms. The SMILES string of the molecule is C=CCc1cc(C=NNC(=O)CC(=O)Nc2ccc(C)cc2C)cc(OCC)c1OCC(=O)Nc1ccc(F)cc1. The number of anilines is 2. The zero-order chi connectivity index (χ0) is 29.8. The van der Waals surface area contributed by atoms with Crippen LogP contribution in [0.4, 0.5) is 15.8 Å². The van der Waals surface area contributed by atoms with E-state index in [1.165, 1.54) is 30.5 Å². The van der Waals surface area contributed by atoms with Crippen molar-refractivity contribution in [3.8, 4) is 11.5 Å². The number of rotatable bonds is 13. The normalized spacial score (nSPS) is 10.6. The number of ether oxygens (including phenoxy) is 2. The number of amides is 3. The molecule has 9 nitrogen and oxygen atoms in total. The van der Waals surface area contributed by atoms with E-state index in [1.807, 2.05) is 32.9 Å². The highest BCUT2D eigenvalue weighted by Crippen LogP contribution is 2.33. The zero-order valence-corrected chi connectivity index (χ0v) is 23.3. The van der Waals surface area contributed by atoms with Crippen molar-refractivity contribution in [2.75, 3.05) is 23.8 Å². The quantitative estimate of drug-likeness (QED) is 0.117. The molecule has 0 aliphatic rings. The van der Waals surface area contributed by atoms with E-state index in [0.717, 1.165) is 11.1 Å². The lowest BCUT2D eigenvalue weighted by Gasteiger charge is -2.16. The van der Waals surface area contributed by atoms with E-state index in [1.54, 1.807) is 24.3 Å². The van der Waals surface area contributed by atoms with Gasteiger partial charge in [-0.2, -0.15) is 5.10 Å². The number of halogens is 1. The topological polar surface area (TPSA) is 118 Å². The molecule has 0 aliphatic carbocycles. The summed E-state index contributed by atoms with van der Waals surface area (Å²) in [5, 5.41) is 9.34. The first-order valence-corrected chi connectivity index (χ1v) is 13.0. The van der Waals surface area contributed by atoms with Crippen LogP contribution in [0.2, 0.25) is 0 Å². The van der Waals surface area contributed by atoms with Gasteiger partial charge in [-0.05, 0) is 80.8 Å². The van der Waals surface area contributed by atoms with Crippen LogP contribution in [-0.2, 0) is 20.8 Å². The first-order valence-electron chi connectivity index (χ1n) is 13.0. The Balaban J connectivity index is 1.64. The third-order valence-electron chi connectivity index (χ3n) is 5.67. The minimum atomic E-state index is -0.577. The van der Waals surface area contributed by atoms with Crippen molar-refractivity contribution in [2.45, 2.75) is 33.6 Å². The van der Waals surface area contributed by atoms with Gasteiger partial charge in [-0.3, -0.25) is 14.4 Å². The van der Waals surface area contributed by atoms with Crippen LogP contribution in [-0.4, -0.2) is 37.1 Å². The lowest BCUT2D eigenvalue weighted by molar-refractivity contribution is -0.126. The van der Waals surface area contributed by atoms with Crippen molar-refractivity contribution in [1.29, 1.82) is 0 Å². The molecular formula is C31H33FN4O5. The number of nitrogens with one attached hydrogen (secondary N) is 3. The van der Waals surface area contributed by atoms with E-state index in [0.29, 0.717) is 47.0 Å². The average molecular weight is 561 g/mol. The van der Waals surface area contributed by atoms with E-state index in [9.17, 15) is 18.8 Å². The summed E-state index contributed by atoms with van der Waals surface area (Å²) in [5.41, 5.74) is 6.68. The Morgan fingerprint density at radius 2 is 1.71 bits per heavy atom. The van der Waals surface area contributed by atoms with Crippen molar-refractivity contribution < 1.29 is 28.2 Å². The minimum absolute atomic E-state index is 0.310. The van der Waals surface area contributed by atoms with E-state index >= 15 is 0 Å². The average Bonchev–Trinajstić information content (AvgIpc) is 2.91. The maximum absolute atomic E-state index is 13.1. The largest absolute Gasteiger partial charge is 0.490 e. The van der Waals surface area contributed by atoms with E-state index in [2.05, 4.69) is 27.7 Å². The second kappa shape index (κ2) is 15.0. The molecule has 0 radical (unpaired) electrons. The molecule has 3 aromatic carbocycles. The monoisotopic (exact) mass is 560 g/mol. The summed E-state index contributed by atoms with van der Waals surface area (Å²) < 4.78 is 24.7. The molecule has 0 bridgehead atoms. The lowest BCUT2D eigenvalue weighted by atomic mass is 10.1. The predicted molar refractivity (Wildman–Crippen MR) is 157 cm³/mol. The highest BCUT2D eigenvalue weighted by atomic mass is 19.1. The van der Waals surface area contributed by atoms with Gasteiger partial charge < -0.3 is 20.1 Å². The minimum Gasteiger partial charge on any atom is -0.490 e. The molecule has 0 fully saturated rings. The smallest absolute Gasteiger partial charge is 0.262 e. The van der Waals surface area contributed by atoms with Gasteiger partial charge in [0.2, 0.25) is 11.8 Å². The van der Waals surface area contributed by atoms with Crippen LogP contribution in [0.3, 0.4) is 0 Å². The fourth-order valence-corrected chi connectivity index (χ4v) is 3.87. The summed E-state index contributed by atoms with van der Waals surface area (Å²) in [6.45, 7) is 9.44. The van der Waals surface area contributed by atoms with Gasteiger partial charge in [0.05, 0.1) is 12.8 Å². The van der Waals surface area contributed by atoms with Gasteiger partial charge in [0.25, 0.3) is 5.91 Å². The van der Waals surface area contributed by atoms with Gasteiger partial charge in [0.1, 0.15) is 12.2 Å². The number of benzene rings is 3. The molecule has 10 heteroatoms. The lowest BCUT2D eigenvalue weighted by Crippen LogP contribution is -2.24. The molecule has 3 amide bonds. The molecule has 0 saturated carbocycles. The number of hydrogen-bond acceptors (Lipinski definition) is 6. The van der Waals surface area contributed by atoms with Crippen LogP contribution in [0.1, 0.15) is 35.6 Å². The molecule has 41 heavy (non-hydrogen) atoms. The Hall–Kier alpha value is -4.99. The second-order valence-corrected chi connectivity index (χ2v) is 9.11. The molecule has 0 saturated heterocycles. The first kappa shape index (κ1) is 30.6. The zero-order valence-electron chi connectivity index (χ0n) is 23.3. The molecule has 0 aromatic heterocycles. The van der Waals surface area contributed by atoms with Crippen LogP contribution >= 0.6 is 0 Å². The van der Waals surface area contributed by atoms with Crippen LogP contribution < -0.4 is 25.5 Å². The molecule has 0 aliphatic heterocycles. The summed E-state index contributed by atoms with van der Waals surface area (Å²) in [4.78, 5) is 37.0. The van der Waals surface area contributed by atoms with Crippen LogP contribution in [0.15, 0.2) is 72.4 Å². The number of nitrogens with zero attached hydrogens (tertiary/aromatic N) is 1. The van der Waals surface area contributed by atoms with Crippen LogP contribution in [0, 0.1) is 19.7 Å². The van der Waals surface area contributed by atoms with Gasteiger partial charge in [0.15, 0.2) is 18.1 Å². The Labute approximate surface area is 238 Å². The number of carbonyl (C=O) groups is 3. The summed E-state index contributed by atoms with van der Waals surface area (Å²) in [7, 11) is 0. The Morgan fingerprint density at radius 3 is 2.39 bits per heavy atom.